The highest BCUT2D eigenvalue weighted by Crippen LogP contribution is 2.25. The number of anilines is 1. The predicted octanol–water partition coefficient (Wildman–Crippen LogP) is 4.78. The fourth-order valence-corrected chi connectivity index (χ4v) is 1.97. The molecule has 1 aromatic carbocycles. The molecule has 124 valence electrons. The van der Waals surface area contributed by atoms with E-state index in [4.69, 9.17) is 11.6 Å². The van der Waals surface area contributed by atoms with Gasteiger partial charge in [-0.15, -0.1) is 20.4 Å². The SMILES string of the molecule is O=C(NCCCCCCCl)Nc1ccc(OC(F)(F)Cl)cc1. The molecule has 0 spiro atoms. The number of carbonyl (C=O) groups is 1. The lowest BCUT2D eigenvalue weighted by molar-refractivity contribution is -0.0964. The standard InChI is InChI=1S/C14H18Cl2F2N2O2/c15-9-3-1-2-4-10-19-13(21)20-11-5-7-12(8-6-11)22-14(16,17)18/h5-8H,1-4,9-10H2,(H2,19,20,21). The molecule has 0 atom stereocenters. The third-order valence-electron chi connectivity index (χ3n) is 2.69. The molecule has 2 N–H and O–H groups in total. The van der Waals surface area contributed by atoms with Crippen LogP contribution in [-0.2, 0) is 0 Å². The number of ether oxygens (including phenoxy) is 1. The summed E-state index contributed by atoms with van der Waals surface area (Å²) in [7, 11) is 0. The Labute approximate surface area is 138 Å². The quantitative estimate of drug-likeness (QED) is 0.495. The van der Waals surface area contributed by atoms with Crippen molar-refractivity contribution in [1.29, 1.82) is 0 Å². The molecule has 0 unspecified atom stereocenters. The van der Waals surface area contributed by atoms with E-state index in [9.17, 15) is 13.6 Å². The summed E-state index contributed by atoms with van der Waals surface area (Å²) in [4.78, 5) is 11.6. The minimum atomic E-state index is -3.75. The van der Waals surface area contributed by atoms with Crippen LogP contribution in [0.2, 0.25) is 0 Å². The zero-order chi connectivity index (χ0) is 16.4. The third-order valence-corrected chi connectivity index (χ3v) is 3.04. The normalized spacial score (nSPS) is 11.1. The van der Waals surface area contributed by atoms with Crippen LogP contribution in [-0.4, -0.2) is 24.0 Å². The second-order valence-corrected chi connectivity index (χ2v) is 5.37. The number of alkyl halides is 4. The molecular formula is C14H18Cl2F2N2O2. The van der Waals surface area contributed by atoms with Crippen molar-refractivity contribution in [2.75, 3.05) is 17.7 Å². The van der Waals surface area contributed by atoms with Crippen molar-refractivity contribution < 1.29 is 18.3 Å². The van der Waals surface area contributed by atoms with Crippen LogP contribution < -0.4 is 15.4 Å². The first kappa shape index (κ1) is 18.8. The molecule has 2 amide bonds. The summed E-state index contributed by atoms with van der Waals surface area (Å²) in [5.74, 6) is 0.564. The number of halogens is 4. The molecule has 0 aliphatic heterocycles. The molecule has 0 bridgehead atoms. The second-order valence-electron chi connectivity index (χ2n) is 4.56. The minimum absolute atomic E-state index is 0.0924. The van der Waals surface area contributed by atoms with Crippen LogP contribution in [0.15, 0.2) is 24.3 Å². The second kappa shape index (κ2) is 9.69. The van der Waals surface area contributed by atoms with Crippen molar-refractivity contribution >= 4 is 34.9 Å². The van der Waals surface area contributed by atoms with E-state index in [0.717, 1.165) is 25.7 Å². The summed E-state index contributed by atoms with van der Waals surface area (Å²) in [6, 6.07) is 5.11. The van der Waals surface area contributed by atoms with Gasteiger partial charge >= 0.3 is 11.6 Å². The van der Waals surface area contributed by atoms with Crippen LogP contribution in [0, 0.1) is 0 Å². The minimum Gasteiger partial charge on any atom is -0.420 e. The maximum Gasteiger partial charge on any atom is 0.487 e. The number of carbonyl (C=O) groups excluding carboxylic acids is 1. The fourth-order valence-electron chi connectivity index (χ4n) is 1.69. The third kappa shape index (κ3) is 8.89. The van der Waals surface area contributed by atoms with Gasteiger partial charge in [0.15, 0.2) is 0 Å². The van der Waals surface area contributed by atoms with Gasteiger partial charge in [-0.2, -0.15) is 0 Å². The first-order valence-corrected chi connectivity index (χ1v) is 7.78. The summed E-state index contributed by atoms with van der Waals surface area (Å²) >= 11 is 10.2. The molecule has 1 aromatic rings. The van der Waals surface area contributed by atoms with Gasteiger partial charge < -0.3 is 15.4 Å². The number of nitrogens with one attached hydrogen (secondary N) is 2. The largest absolute Gasteiger partial charge is 0.487 e. The van der Waals surface area contributed by atoms with Crippen LogP contribution >= 0.6 is 23.2 Å². The van der Waals surface area contributed by atoms with Gasteiger partial charge in [0.1, 0.15) is 5.75 Å². The van der Waals surface area contributed by atoms with Gasteiger partial charge in [0.2, 0.25) is 0 Å². The highest BCUT2D eigenvalue weighted by Gasteiger charge is 2.27. The molecule has 0 saturated carbocycles. The highest BCUT2D eigenvalue weighted by molar-refractivity contribution is 6.20. The summed E-state index contributed by atoms with van der Waals surface area (Å²) in [5, 5.41) is 5.29. The Morgan fingerprint density at radius 3 is 2.36 bits per heavy atom. The van der Waals surface area contributed by atoms with E-state index in [1.165, 1.54) is 24.3 Å². The lowest BCUT2D eigenvalue weighted by Crippen LogP contribution is -2.29. The summed E-state index contributed by atoms with van der Waals surface area (Å²) in [5.41, 5.74) is -3.29. The first-order chi connectivity index (χ1) is 10.4. The molecule has 4 nitrogen and oxygen atoms in total. The molecule has 0 radical (unpaired) electrons. The molecule has 0 aliphatic rings. The molecule has 0 heterocycles. The molecule has 0 saturated heterocycles. The van der Waals surface area contributed by atoms with E-state index >= 15 is 0 Å². The number of unbranched alkanes of at least 4 members (excludes halogenated alkanes) is 3. The maximum atomic E-state index is 12.4. The first-order valence-electron chi connectivity index (χ1n) is 6.87. The zero-order valence-electron chi connectivity index (χ0n) is 11.9. The number of hydrogen-bond donors (Lipinski definition) is 2. The predicted molar refractivity (Wildman–Crippen MR) is 84.1 cm³/mol. The maximum absolute atomic E-state index is 12.4. The van der Waals surface area contributed by atoms with Crippen LogP contribution in [0.5, 0.6) is 5.75 Å². The number of amides is 2. The lowest BCUT2D eigenvalue weighted by Gasteiger charge is -2.11. The van der Waals surface area contributed by atoms with Crippen LogP contribution in [0.1, 0.15) is 25.7 Å². The van der Waals surface area contributed by atoms with Crippen LogP contribution in [0.3, 0.4) is 0 Å². The topological polar surface area (TPSA) is 50.4 Å². The van der Waals surface area contributed by atoms with Gasteiger partial charge in [0.05, 0.1) is 0 Å². The number of rotatable bonds is 9. The van der Waals surface area contributed by atoms with E-state index in [1.807, 2.05) is 0 Å². The van der Waals surface area contributed by atoms with Crippen LogP contribution in [0.4, 0.5) is 19.3 Å². The summed E-state index contributed by atoms with van der Waals surface area (Å²) in [6.07, 6.45) is 3.90. The average Bonchev–Trinajstić information content (AvgIpc) is 2.43. The van der Waals surface area contributed by atoms with Crippen molar-refractivity contribution in [2.45, 2.75) is 31.3 Å². The Bertz CT molecular complexity index is 453. The van der Waals surface area contributed by atoms with Crippen molar-refractivity contribution in [3.05, 3.63) is 24.3 Å². The molecular weight excluding hydrogens is 337 g/mol. The van der Waals surface area contributed by atoms with Crippen LogP contribution in [0.25, 0.3) is 0 Å². The Balaban J connectivity index is 2.27. The Morgan fingerprint density at radius 1 is 1.14 bits per heavy atom. The Hall–Kier alpha value is -1.27. The molecule has 22 heavy (non-hydrogen) atoms. The van der Waals surface area contributed by atoms with E-state index in [-0.39, 0.29) is 11.8 Å². The van der Waals surface area contributed by atoms with Crippen molar-refractivity contribution in [2.24, 2.45) is 0 Å². The van der Waals surface area contributed by atoms with Crippen molar-refractivity contribution in [3.63, 3.8) is 0 Å². The number of urea groups is 1. The van der Waals surface area contributed by atoms with Crippen molar-refractivity contribution in [3.8, 4) is 5.75 Å². The number of hydrogen-bond acceptors (Lipinski definition) is 2. The average molecular weight is 355 g/mol. The fraction of sp³-hybridized carbons (Fsp3) is 0.500. The summed E-state index contributed by atoms with van der Waals surface area (Å²) in [6.45, 7) is 0.563. The van der Waals surface area contributed by atoms with Gasteiger partial charge in [-0.25, -0.2) is 4.79 Å². The van der Waals surface area contributed by atoms with Gasteiger partial charge in [-0.1, -0.05) is 12.8 Å². The van der Waals surface area contributed by atoms with Gasteiger partial charge in [0, 0.05) is 29.7 Å². The summed E-state index contributed by atoms with van der Waals surface area (Å²) < 4.78 is 29.0. The highest BCUT2D eigenvalue weighted by atomic mass is 35.5. The van der Waals surface area contributed by atoms with E-state index < -0.39 is 5.57 Å². The Morgan fingerprint density at radius 2 is 1.77 bits per heavy atom. The van der Waals surface area contributed by atoms with Gasteiger partial charge in [-0.3, -0.25) is 0 Å². The van der Waals surface area contributed by atoms with E-state index in [2.05, 4.69) is 27.0 Å². The molecule has 8 heteroatoms. The molecule has 0 aliphatic carbocycles. The smallest absolute Gasteiger partial charge is 0.420 e. The van der Waals surface area contributed by atoms with Crippen molar-refractivity contribution in [1.82, 2.24) is 5.32 Å². The van der Waals surface area contributed by atoms with Gasteiger partial charge in [0.25, 0.3) is 0 Å². The van der Waals surface area contributed by atoms with Gasteiger partial charge in [-0.05, 0) is 37.1 Å². The zero-order valence-corrected chi connectivity index (χ0v) is 13.4. The molecule has 1 rings (SSSR count). The van der Waals surface area contributed by atoms with E-state index in [1.54, 1.807) is 0 Å². The van der Waals surface area contributed by atoms with E-state index in [0.29, 0.717) is 18.1 Å². The monoisotopic (exact) mass is 354 g/mol. The number of benzene rings is 1. The molecule has 0 aromatic heterocycles. The molecule has 0 fully saturated rings. The Kier molecular flexibility index (Phi) is 8.27. The lowest BCUT2D eigenvalue weighted by atomic mass is 10.2.